The van der Waals surface area contributed by atoms with Gasteiger partial charge in [0, 0.05) is 17.5 Å². The van der Waals surface area contributed by atoms with Gasteiger partial charge in [-0.25, -0.2) is 18.3 Å². The Balaban J connectivity index is 1.68. The third kappa shape index (κ3) is 3.50. The van der Waals surface area contributed by atoms with Gasteiger partial charge < -0.3 is 5.32 Å². The van der Waals surface area contributed by atoms with Crippen molar-refractivity contribution in [1.82, 2.24) is 14.6 Å². The number of aromatic nitrogens is 3. The molecule has 0 bridgehead atoms. The Labute approximate surface area is 137 Å². The van der Waals surface area contributed by atoms with Gasteiger partial charge in [0.15, 0.2) is 0 Å². The van der Waals surface area contributed by atoms with Gasteiger partial charge in [-0.1, -0.05) is 56.4 Å². The van der Waals surface area contributed by atoms with Crippen LogP contribution < -0.4 is 5.32 Å². The van der Waals surface area contributed by atoms with Crippen LogP contribution in [0, 0.1) is 0 Å². The average Bonchev–Trinajstić information content (AvgIpc) is 3.03. The summed E-state index contributed by atoms with van der Waals surface area (Å²) in [6.45, 7) is 6.87. The standard InChI is InChI=1S/C16H18F2N4S/c1-16(2,3)12-9-22-15(20-12)23-14(21-22)19-8-10-4-6-11(7-5-10)13(17)18/h4-7,9,13H,8H2,1-3H3,(H,19,21). The van der Waals surface area contributed by atoms with Gasteiger partial charge in [-0.2, -0.15) is 0 Å². The van der Waals surface area contributed by atoms with Crippen molar-refractivity contribution in [2.75, 3.05) is 5.32 Å². The minimum atomic E-state index is -2.43. The number of halogens is 2. The normalized spacial score (nSPS) is 12.3. The van der Waals surface area contributed by atoms with Gasteiger partial charge in [0.1, 0.15) is 0 Å². The summed E-state index contributed by atoms with van der Waals surface area (Å²) in [6, 6.07) is 6.30. The number of fused-ring (bicyclic) bond motifs is 1. The number of hydrogen-bond donors (Lipinski definition) is 1. The fourth-order valence-corrected chi connectivity index (χ4v) is 2.87. The SMILES string of the molecule is CC(C)(C)c1cn2nc(NCc3ccc(C(F)F)cc3)sc2n1. The molecular formula is C16H18F2N4S. The predicted octanol–water partition coefficient (Wildman–Crippen LogP) is 4.64. The number of benzene rings is 1. The van der Waals surface area contributed by atoms with Gasteiger partial charge in [-0.05, 0) is 5.56 Å². The smallest absolute Gasteiger partial charge is 0.263 e. The number of anilines is 1. The molecule has 0 unspecified atom stereocenters. The molecule has 0 saturated heterocycles. The molecule has 0 aliphatic heterocycles. The number of nitrogens with zero attached hydrogens (tertiary/aromatic N) is 3. The van der Waals surface area contributed by atoms with Crippen LogP contribution in [0.5, 0.6) is 0 Å². The molecule has 0 fully saturated rings. The average molecular weight is 336 g/mol. The molecule has 0 radical (unpaired) electrons. The fraction of sp³-hybridized carbons (Fsp3) is 0.375. The van der Waals surface area contributed by atoms with Crippen LogP contribution in [0.25, 0.3) is 4.96 Å². The predicted molar refractivity (Wildman–Crippen MR) is 88.3 cm³/mol. The second kappa shape index (κ2) is 5.88. The molecule has 122 valence electrons. The van der Waals surface area contributed by atoms with Crippen molar-refractivity contribution in [3.05, 3.63) is 47.3 Å². The summed E-state index contributed by atoms with van der Waals surface area (Å²) >= 11 is 1.47. The molecule has 4 nitrogen and oxygen atoms in total. The van der Waals surface area contributed by atoms with E-state index in [0.29, 0.717) is 6.54 Å². The first-order valence-electron chi connectivity index (χ1n) is 7.30. The van der Waals surface area contributed by atoms with Gasteiger partial charge in [0.25, 0.3) is 6.43 Å². The molecule has 2 heterocycles. The third-order valence-electron chi connectivity index (χ3n) is 3.49. The molecule has 0 atom stereocenters. The van der Waals surface area contributed by atoms with Gasteiger partial charge in [-0.15, -0.1) is 5.10 Å². The monoisotopic (exact) mass is 336 g/mol. The number of hydrogen-bond acceptors (Lipinski definition) is 4. The highest BCUT2D eigenvalue weighted by molar-refractivity contribution is 7.20. The fourth-order valence-electron chi connectivity index (χ4n) is 2.09. The van der Waals surface area contributed by atoms with E-state index in [1.165, 1.54) is 23.5 Å². The van der Waals surface area contributed by atoms with Crippen LogP contribution in [0.4, 0.5) is 13.9 Å². The molecule has 7 heteroatoms. The van der Waals surface area contributed by atoms with E-state index < -0.39 is 6.43 Å². The molecule has 0 saturated carbocycles. The summed E-state index contributed by atoms with van der Waals surface area (Å²) in [5.74, 6) is 0. The summed E-state index contributed by atoms with van der Waals surface area (Å²) in [5.41, 5.74) is 1.96. The largest absolute Gasteiger partial charge is 0.356 e. The Morgan fingerprint density at radius 1 is 1.22 bits per heavy atom. The number of alkyl halides is 2. The minimum absolute atomic E-state index is 0.00649. The molecule has 23 heavy (non-hydrogen) atoms. The molecule has 1 N–H and O–H groups in total. The third-order valence-corrected chi connectivity index (χ3v) is 4.37. The first-order chi connectivity index (χ1) is 10.8. The van der Waals surface area contributed by atoms with Crippen LogP contribution in [0.3, 0.4) is 0 Å². The molecule has 0 amide bonds. The highest BCUT2D eigenvalue weighted by Crippen LogP contribution is 2.26. The highest BCUT2D eigenvalue weighted by atomic mass is 32.1. The van der Waals surface area contributed by atoms with E-state index in [9.17, 15) is 8.78 Å². The first-order valence-corrected chi connectivity index (χ1v) is 8.12. The Bertz CT molecular complexity index is 768. The van der Waals surface area contributed by atoms with Gasteiger partial charge in [0.05, 0.1) is 11.9 Å². The molecule has 2 aromatic heterocycles. The van der Waals surface area contributed by atoms with Crippen molar-refractivity contribution < 1.29 is 8.78 Å². The molecule has 0 aliphatic rings. The van der Waals surface area contributed by atoms with E-state index in [-0.39, 0.29) is 11.0 Å². The summed E-state index contributed by atoms with van der Waals surface area (Å²) in [7, 11) is 0. The van der Waals surface area contributed by atoms with Crippen LogP contribution >= 0.6 is 11.3 Å². The van der Waals surface area contributed by atoms with E-state index in [2.05, 4.69) is 36.2 Å². The van der Waals surface area contributed by atoms with Crippen LogP contribution in [0.15, 0.2) is 30.5 Å². The highest BCUT2D eigenvalue weighted by Gasteiger charge is 2.19. The van der Waals surface area contributed by atoms with Gasteiger partial charge >= 0.3 is 0 Å². The van der Waals surface area contributed by atoms with Crippen LogP contribution in [-0.2, 0) is 12.0 Å². The Morgan fingerprint density at radius 3 is 2.48 bits per heavy atom. The van der Waals surface area contributed by atoms with E-state index in [4.69, 9.17) is 0 Å². The van der Waals surface area contributed by atoms with Crippen molar-refractivity contribution in [3.63, 3.8) is 0 Å². The summed E-state index contributed by atoms with van der Waals surface area (Å²) in [6.07, 6.45) is -0.491. The van der Waals surface area contributed by atoms with Crippen molar-refractivity contribution in [1.29, 1.82) is 0 Å². The lowest BCUT2D eigenvalue weighted by Crippen LogP contribution is -2.11. The topological polar surface area (TPSA) is 42.2 Å². The lowest BCUT2D eigenvalue weighted by Gasteiger charge is -2.13. The van der Waals surface area contributed by atoms with Crippen molar-refractivity contribution in [2.45, 2.75) is 39.2 Å². The van der Waals surface area contributed by atoms with E-state index in [1.807, 2.05) is 6.20 Å². The Kier molecular flexibility index (Phi) is 4.06. The van der Waals surface area contributed by atoms with Gasteiger partial charge in [-0.3, -0.25) is 0 Å². The lowest BCUT2D eigenvalue weighted by molar-refractivity contribution is 0.151. The molecule has 0 spiro atoms. The molecular weight excluding hydrogens is 318 g/mol. The Morgan fingerprint density at radius 2 is 1.91 bits per heavy atom. The summed E-state index contributed by atoms with van der Waals surface area (Å²) in [5, 5.41) is 8.41. The zero-order valence-electron chi connectivity index (χ0n) is 13.2. The zero-order chi connectivity index (χ0) is 16.6. The lowest BCUT2D eigenvalue weighted by atomic mass is 9.93. The van der Waals surface area contributed by atoms with Crippen LogP contribution in [-0.4, -0.2) is 14.6 Å². The summed E-state index contributed by atoms with van der Waals surface area (Å²) in [4.78, 5) is 5.42. The minimum Gasteiger partial charge on any atom is -0.356 e. The van der Waals surface area contributed by atoms with Crippen molar-refractivity contribution in [3.8, 4) is 0 Å². The van der Waals surface area contributed by atoms with E-state index in [0.717, 1.165) is 21.3 Å². The van der Waals surface area contributed by atoms with E-state index >= 15 is 0 Å². The van der Waals surface area contributed by atoms with Gasteiger partial charge in [0.2, 0.25) is 10.1 Å². The van der Waals surface area contributed by atoms with Crippen molar-refractivity contribution in [2.24, 2.45) is 0 Å². The summed E-state index contributed by atoms with van der Waals surface area (Å²) < 4.78 is 26.8. The second-order valence-corrected chi connectivity index (χ2v) is 7.36. The maximum Gasteiger partial charge on any atom is 0.263 e. The molecule has 0 aliphatic carbocycles. The Hall–Kier alpha value is -2.02. The van der Waals surface area contributed by atoms with E-state index in [1.54, 1.807) is 16.6 Å². The quantitative estimate of drug-likeness (QED) is 0.755. The number of rotatable bonds is 4. The first kappa shape index (κ1) is 15.9. The number of nitrogens with one attached hydrogen (secondary N) is 1. The zero-order valence-corrected chi connectivity index (χ0v) is 14.0. The maximum atomic E-state index is 12.5. The van der Waals surface area contributed by atoms with Crippen LogP contribution in [0.1, 0.15) is 44.0 Å². The second-order valence-electron chi connectivity index (χ2n) is 6.41. The maximum absolute atomic E-state index is 12.5. The van der Waals surface area contributed by atoms with Crippen molar-refractivity contribution >= 4 is 21.4 Å². The molecule has 3 aromatic rings. The molecule has 3 rings (SSSR count). The number of imidazole rings is 1. The molecule has 1 aromatic carbocycles. The van der Waals surface area contributed by atoms with Crippen LogP contribution in [0.2, 0.25) is 0 Å².